The monoisotopic (exact) mass is 356 g/mol. The molecular weight excluding hydrogens is 332 g/mol. The highest BCUT2D eigenvalue weighted by Crippen LogP contribution is 2.37. The van der Waals surface area contributed by atoms with Crippen LogP contribution in [-0.4, -0.2) is 53.9 Å². The Bertz CT molecular complexity index is 804. The first kappa shape index (κ1) is 16.9. The molecule has 3 heterocycles. The molecule has 1 aromatic carbocycles. The Morgan fingerprint density at radius 2 is 2.15 bits per heavy atom. The molecule has 2 aliphatic rings. The van der Waals surface area contributed by atoms with Crippen LogP contribution in [0.5, 0.6) is 11.5 Å². The summed E-state index contributed by atoms with van der Waals surface area (Å²) in [6.45, 7) is 3.42. The number of carbonyl (C=O) groups excluding carboxylic acids is 1. The number of ether oxygens (including phenoxy) is 2. The number of nitrogens with one attached hydrogen (secondary N) is 1. The number of fused-ring (bicyclic) bond motifs is 1. The normalized spacial score (nSPS) is 22.4. The van der Waals surface area contributed by atoms with E-state index in [0.29, 0.717) is 19.8 Å². The van der Waals surface area contributed by atoms with Gasteiger partial charge in [-0.15, -0.1) is 0 Å². The molecule has 0 saturated carbocycles. The molecule has 1 fully saturated rings. The van der Waals surface area contributed by atoms with Gasteiger partial charge in [-0.3, -0.25) is 14.4 Å². The molecule has 2 atom stereocenters. The molecular formula is C19H24N4O3. The zero-order chi connectivity index (χ0) is 18.1. The third kappa shape index (κ3) is 3.14. The lowest BCUT2D eigenvalue weighted by atomic mass is 9.90. The predicted octanol–water partition coefficient (Wildman–Crippen LogP) is 1.15. The number of hydrogen-bond acceptors (Lipinski definition) is 5. The van der Waals surface area contributed by atoms with E-state index in [1.165, 1.54) is 0 Å². The fourth-order valence-electron chi connectivity index (χ4n) is 3.93. The van der Waals surface area contributed by atoms with Crippen molar-refractivity contribution in [2.75, 3.05) is 33.4 Å². The van der Waals surface area contributed by atoms with Crippen LogP contribution in [0.1, 0.15) is 17.0 Å². The molecule has 7 heteroatoms. The van der Waals surface area contributed by atoms with E-state index in [1.54, 1.807) is 11.7 Å². The second-order valence-corrected chi connectivity index (χ2v) is 6.91. The standard InChI is InChI=1S/C19H24N4O3/c1-20-19(24)16-12-23(11-15(16)14-8-21-22(2)9-14)10-13-4-3-5-17-18(13)26-7-6-25-17/h3-5,8-9,15-16H,6-7,10-12H2,1-2H3,(H,20,24)/t15-,16+/m1/s1. The van der Waals surface area contributed by atoms with Crippen LogP contribution < -0.4 is 14.8 Å². The minimum Gasteiger partial charge on any atom is -0.486 e. The summed E-state index contributed by atoms with van der Waals surface area (Å²) in [4.78, 5) is 14.7. The number of aryl methyl sites for hydroxylation is 1. The quantitative estimate of drug-likeness (QED) is 0.890. The molecule has 1 saturated heterocycles. The van der Waals surface area contributed by atoms with Gasteiger partial charge in [0.2, 0.25) is 5.91 Å². The van der Waals surface area contributed by atoms with Crippen molar-refractivity contribution >= 4 is 5.91 Å². The summed E-state index contributed by atoms with van der Waals surface area (Å²) >= 11 is 0. The third-order valence-corrected chi connectivity index (χ3v) is 5.17. The van der Waals surface area contributed by atoms with Gasteiger partial charge < -0.3 is 14.8 Å². The van der Waals surface area contributed by atoms with Crippen LogP contribution in [0.2, 0.25) is 0 Å². The Morgan fingerprint density at radius 3 is 2.92 bits per heavy atom. The number of hydrogen-bond donors (Lipinski definition) is 1. The Labute approximate surface area is 152 Å². The number of nitrogens with zero attached hydrogens (tertiary/aromatic N) is 3. The number of aromatic nitrogens is 2. The van der Waals surface area contributed by atoms with Crippen molar-refractivity contribution < 1.29 is 14.3 Å². The third-order valence-electron chi connectivity index (χ3n) is 5.17. The Morgan fingerprint density at radius 1 is 1.31 bits per heavy atom. The Balaban J connectivity index is 1.56. The van der Waals surface area contributed by atoms with Crippen molar-refractivity contribution in [2.45, 2.75) is 12.5 Å². The van der Waals surface area contributed by atoms with Crippen LogP contribution in [0.25, 0.3) is 0 Å². The van der Waals surface area contributed by atoms with Crippen molar-refractivity contribution in [2.24, 2.45) is 13.0 Å². The molecule has 0 aliphatic carbocycles. The van der Waals surface area contributed by atoms with Crippen LogP contribution in [0.3, 0.4) is 0 Å². The molecule has 0 unspecified atom stereocenters. The molecule has 2 aliphatic heterocycles. The van der Waals surface area contributed by atoms with Crippen molar-refractivity contribution in [1.29, 1.82) is 0 Å². The molecule has 4 rings (SSSR count). The van der Waals surface area contributed by atoms with Crippen LogP contribution in [-0.2, 0) is 18.4 Å². The van der Waals surface area contributed by atoms with Crippen molar-refractivity contribution in [3.8, 4) is 11.5 Å². The maximum Gasteiger partial charge on any atom is 0.224 e. The minimum absolute atomic E-state index is 0.0797. The minimum atomic E-state index is -0.0825. The molecule has 7 nitrogen and oxygen atoms in total. The van der Waals surface area contributed by atoms with E-state index >= 15 is 0 Å². The van der Waals surface area contributed by atoms with Crippen LogP contribution in [0.4, 0.5) is 0 Å². The summed E-state index contributed by atoms with van der Waals surface area (Å²) in [5.41, 5.74) is 2.21. The van der Waals surface area contributed by atoms with Gasteiger partial charge in [0, 0.05) is 51.4 Å². The number of para-hydroxylation sites is 1. The topological polar surface area (TPSA) is 68.6 Å². The molecule has 0 spiro atoms. The van der Waals surface area contributed by atoms with Gasteiger partial charge in [0.1, 0.15) is 13.2 Å². The lowest BCUT2D eigenvalue weighted by molar-refractivity contribution is -0.124. The SMILES string of the molecule is CNC(=O)[C@H]1CN(Cc2cccc3c2OCCO3)C[C@@H]1c1cnn(C)c1. The second-order valence-electron chi connectivity index (χ2n) is 6.91. The van der Waals surface area contributed by atoms with E-state index in [1.807, 2.05) is 31.6 Å². The maximum absolute atomic E-state index is 12.4. The summed E-state index contributed by atoms with van der Waals surface area (Å²) in [6, 6.07) is 6.00. The van der Waals surface area contributed by atoms with Gasteiger partial charge in [-0.05, 0) is 11.6 Å². The predicted molar refractivity (Wildman–Crippen MR) is 96.2 cm³/mol. The van der Waals surface area contributed by atoms with Crippen molar-refractivity contribution in [3.63, 3.8) is 0 Å². The first-order chi connectivity index (χ1) is 12.7. The number of amides is 1. The molecule has 26 heavy (non-hydrogen) atoms. The van der Waals surface area contributed by atoms with E-state index in [-0.39, 0.29) is 17.7 Å². The Hall–Kier alpha value is -2.54. The van der Waals surface area contributed by atoms with Crippen LogP contribution >= 0.6 is 0 Å². The largest absolute Gasteiger partial charge is 0.486 e. The number of benzene rings is 1. The van der Waals surface area contributed by atoms with Gasteiger partial charge in [-0.25, -0.2) is 0 Å². The smallest absolute Gasteiger partial charge is 0.224 e. The second kappa shape index (κ2) is 6.99. The van der Waals surface area contributed by atoms with E-state index in [4.69, 9.17) is 9.47 Å². The first-order valence-corrected chi connectivity index (χ1v) is 8.95. The molecule has 1 amide bonds. The van der Waals surface area contributed by atoms with Crippen molar-refractivity contribution in [1.82, 2.24) is 20.0 Å². The maximum atomic E-state index is 12.4. The van der Waals surface area contributed by atoms with Gasteiger partial charge in [-0.1, -0.05) is 12.1 Å². The number of carbonyl (C=O) groups is 1. The van der Waals surface area contributed by atoms with E-state index in [9.17, 15) is 4.79 Å². The fourth-order valence-corrected chi connectivity index (χ4v) is 3.93. The van der Waals surface area contributed by atoms with E-state index in [0.717, 1.165) is 35.7 Å². The molecule has 138 valence electrons. The summed E-state index contributed by atoms with van der Waals surface area (Å²) in [6.07, 6.45) is 3.87. The highest BCUT2D eigenvalue weighted by atomic mass is 16.6. The molecule has 0 bridgehead atoms. The first-order valence-electron chi connectivity index (χ1n) is 8.95. The summed E-state index contributed by atoms with van der Waals surface area (Å²) in [5, 5.41) is 7.09. The van der Waals surface area contributed by atoms with Crippen molar-refractivity contribution in [3.05, 3.63) is 41.7 Å². The summed E-state index contributed by atoms with van der Waals surface area (Å²) in [5.74, 6) is 1.77. The van der Waals surface area contributed by atoms with Gasteiger partial charge in [0.15, 0.2) is 11.5 Å². The molecule has 2 aromatic rings. The summed E-state index contributed by atoms with van der Waals surface area (Å²) in [7, 11) is 3.60. The number of likely N-dealkylation sites (tertiary alicyclic amines) is 1. The fraction of sp³-hybridized carbons (Fsp3) is 0.474. The van der Waals surface area contributed by atoms with Gasteiger partial charge >= 0.3 is 0 Å². The Kier molecular flexibility index (Phi) is 4.55. The zero-order valence-electron chi connectivity index (χ0n) is 15.1. The number of rotatable bonds is 4. The van der Waals surface area contributed by atoms with Crippen LogP contribution in [0.15, 0.2) is 30.6 Å². The molecule has 1 N–H and O–H groups in total. The lowest BCUT2D eigenvalue weighted by Crippen LogP contribution is -2.32. The van der Waals surface area contributed by atoms with Gasteiger partial charge in [-0.2, -0.15) is 5.10 Å². The van der Waals surface area contributed by atoms with E-state index in [2.05, 4.69) is 21.4 Å². The lowest BCUT2D eigenvalue weighted by Gasteiger charge is -2.23. The zero-order valence-corrected chi connectivity index (χ0v) is 15.1. The highest BCUT2D eigenvalue weighted by molar-refractivity contribution is 5.80. The average molecular weight is 356 g/mol. The van der Waals surface area contributed by atoms with Crippen LogP contribution in [0, 0.1) is 5.92 Å². The van der Waals surface area contributed by atoms with E-state index < -0.39 is 0 Å². The molecule has 0 radical (unpaired) electrons. The van der Waals surface area contributed by atoms with Gasteiger partial charge in [0.25, 0.3) is 0 Å². The average Bonchev–Trinajstić information content (AvgIpc) is 3.27. The highest BCUT2D eigenvalue weighted by Gasteiger charge is 2.39. The summed E-state index contributed by atoms with van der Waals surface area (Å²) < 4.78 is 13.3. The molecule has 1 aromatic heterocycles. The van der Waals surface area contributed by atoms with Gasteiger partial charge in [0.05, 0.1) is 12.1 Å².